The topological polar surface area (TPSA) is 78.0 Å². The summed E-state index contributed by atoms with van der Waals surface area (Å²) in [5.74, 6) is -1.00. The number of anilines is 1. The van der Waals surface area contributed by atoms with Crippen molar-refractivity contribution < 1.29 is 14.3 Å². The molecule has 3 rings (SSSR count). The van der Waals surface area contributed by atoms with Gasteiger partial charge in [0.05, 0.1) is 23.5 Å². The van der Waals surface area contributed by atoms with Crippen molar-refractivity contribution in [2.45, 2.75) is 13.0 Å². The number of amides is 1. The second-order valence-corrected chi connectivity index (χ2v) is 4.97. The maximum Gasteiger partial charge on any atom is 0.258 e. The van der Waals surface area contributed by atoms with Crippen LogP contribution in [0, 0.1) is 5.82 Å². The van der Waals surface area contributed by atoms with Gasteiger partial charge in [-0.2, -0.15) is 0 Å². The number of aliphatic hydroxyl groups excluding tert-OH is 1. The van der Waals surface area contributed by atoms with Crippen LogP contribution >= 0.6 is 0 Å². The number of fused-ring (bicyclic) bond motifs is 1. The van der Waals surface area contributed by atoms with Crippen LogP contribution in [-0.4, -0.2) is 21.0 Å². The number of benzene rings is 2. The molecule has 0 saturated carbocycles. The number of H-pyrrole nitrogens is 1. The molecule has 1 atom stereocenters. The Kier molecular flexibility index (Phi) is 3.60. The summed E-state index contributed by atoms with van der Waals surface area (Å²) in [6.45, 7) is 1.61. The molecule has 0 fully saturated rings. The molecule has 0 spiro atoms. The standard InChI is InChI=1S/C16H14FN3O2/c1-9(21)11-4-2-3-5-13(11)20-16(22)12-6-10(17)7-14-15(12)19-8-18-14/h2-9,21H,1H3,(H,18,19)(H,20,22). The van der Waals surface area contributed by atoms with Crippen LogP contribution in [-0.2, 0) is 0 Å². The van der Waals surface area contributed by atoms with E-state index in [0.29, 0.717) is 22.3 Å². The molecule has 0 saturated heterocycles. The van der Waals surface area contributed by atoms with E-state index in [4.69, 9.17) is 0 Å². The Hall–Kier alpha value is -2.73. The maximum atomic E-state index is 13.6. The van der Waals surface area contributed by atoms with E-state index in [0.717, 1.165) is 6.07 Å². The highest BCUT2D eigenvalue weighted by molar-refractivity contribution is 6.11. The quantitative estimate of drug-likeness (QED) is 0.695. The first kappa shape index (κ1) is 14.2. The summed E-state index contributed by atoms with van der Waals surface area (Å²) >= 11 is 0. The average Bonchev–Trinajstić information content (AvgIpc) is 2.94. The van der Waals surface area contributed by atoms with E-state index in [2.05, 4.69) is 15.3 Å². The zero-order valence-electron chi connectivity index (χ0n) is 11.8. The van der Waals surface area contributed by atoms with Gasteiger partial charge in [0.25, 0.3) is 5.91 Å². The summed E-state index contributed by atoms with van der Waals surface area (Å²) in [6.07, 6.45) is 0.680. The van der Waals surface area contributed by atoms with E-state index in [1.165, 1.54) is 12.4 Å². The van der Waals surface area contributed by atoms with Crippen molar-refractivity contribution in [2.24, 2.45) is 0 Å². The highest BCUT2D eigenvalue weighted by Gasteiger charge is 2.16. The van der Waals surface area contributed by atoms with E-state index in [1.54, 1.807) is 31.2 Å². The zero-order valence-corrected chi connectivity index (χ0v) is 11.8. The molecule has 0 aliphatic carbocycles. The molecule has 3 aromatic rings. The van der Waals surface area contributed by atoms with Gasteiger partial charge >= 0.3 is 0 Å². The Morgan fingerprint density at radius 3 is 2.91 bits per heavy atom. The molecule has 6 heteroatoms. The number of hydrogen-bond acceptors (Lipinski definition) is 3. The Morgan fingerprint density at radius 1 is 1.36 bits per heavy atom. The lowest BCUT2D eigenvalue weighted by Crippen LogP contribution is -2.14. The van der Waals surface area contributed by atoms with Crippen LogP contribution in [0.25, 0.3) is 11.0 Å². The minimum atomic E-state index is -0.727. The van der Waals surface area contributed by atoms with Crippen LogP contribution in [0.2, 0.25) is 0 Å². The minimum Gasteiger partial charge on any atom is -0.389 e. The van der Waals surface area contributed by atoms with Gasteiger partial charge in [-0.05, 0) is 25.1 Å². The fraction of sp³-hybridized carbons (Fsp3) is 0.125. The summed E-state index contributed by atoms with van der Waals surface area (Å²) in [4.78, 5) is 19.3. The van der Waals surface area contributed by atoms with Gasteiger partial charge in [0, 0.05) is 11.3 Å². The van der Waals surface area contributed by atoms with E-state index in [-0.39, 0.29) is 5.56 Å². The molecule has 2 aromatic carbocycles. The molecule has 112 valence electrons. The molecular formula is C16H14FN3O2. The molecule has 0 aliphatic heterocycles. The van der Waals surface area contributed by atoms with E-state index in [9.17, 15) is 14.3 Å². The first-order valence-electron chi connectivity index (χ1n) is 6.77. The molecular weight excluding hydrogens is 285 g/mol. The Labute approximate surface area is 125 Å². The lowest BCUT2D eigenvalue weighted by molar-refractivity contribution is 0.102. The molecule has 22 heavy (non-hydrogen) atoms. The summed E-state index contributed by atoms with van der Waals surface area (Å²) in [5, 5.41) is 12.4. The smallest absolute Gasteiger partial charge is 0.258 e. The SMILES string of the molecule is CC(O)c1ccccc1NC(=O)c1cc(F)cc2[nH]cnc12. The van der Waals surface area contributed by atoms with Gasteiger partial charge in [-0.25, -0.2) is 9.37 Å². The highest BCUT2D eigenvalue weighted by Crippen LogP contribution is 2.24. The van der Waals surface area contributed by atoms with Crippen LogP contribution in [0.5, 0.6) is 0 Å². The van der Waals surface area contributed by atoms with E-state index >= 15 is 0 Å². The monoisotopic (exact) mass is 299 g/mol. The molecule has 0 bridgehead atoms. The number of aromatic nitrogens is 2. The van der Waals surface area contributed by atoms with Crippen molar-refractivity contribution in [3.05, 3.63) is 59.7 Å². The third-order valence-corrected chi connectivity index (χ3v) is 3.39. The van der Waals surface area contributed by atoms with Crippen LogP contribution in [0.3, 0.4) is 0 Å². The third-order valence-electron chi connectivity index (χ3n) is 3.39. The Balaban J connectivity index is 1.99. The number of carbonyl (C=O) groups is 1. The van der Waals surface area contributed by atoms with Gasteiger partial charge in [-0.3, -0.25) is 4.79 Å². The molecule has 1 amide bonds. The van der Waals surface area contributed by atoms with Crippen molar-refractivity contribution >= 4 is 22.6 Å². The van der Waals surface area contributed by atoms with Gasteiger partial charge in [0.2, 0.25) is 0 Å². The molecule has 1 unspecified atom stereocenters. The second-order valence-electron chi connectivity index (χ2n) is 4.97. The number of aromatic amines is 1. The predicted molar refractivity (Wildman–Crippen MR) is 81.1 cm³/mol. The fourth-order valence-corrected chi connectivity index (χ4v) is 2.35. The highest BCUT2D eigenvalue weighted by atomic mass is 19.1. The van der Waals surface area contributed by atoms with Crippen molar-refractivity contribution in [2.75, 3.05) is 5.32 Å². The van der Waals surface area contributed by atoms with Crippen LogP contribution < -0.4 is 5.32 Å². The lowest BCUT2D eigenvalue weighted by atomic mass is 10.1. The Morgan fingerprint density at radius 2 is 2.14 bits per heavy atom. The van der Waals surface area contributed by atoms with Crippen molar-refractivity contribution in [3.8, 4) is 0 Å². The van der Waals surface area contributed by atoms with Crippen LogP contribution in [0.15, 0.2) is 42.7 Å². The van der Waals surface area contributed by atoms with Crippen molar-refractivity contribution in [3.63, 3.8) is 0 Å². The molecule has 5 nitrogen and oxygen atoms in total. The average molecular weight is 299 g/mol. The third kappa shape index (κ3) is 2.56. The zero-order chi connectivity index (χ0) is 15.7. The fourth-order valence-electron chi connectivity index (χ4n) is 2.35. The Bertz CT molecular complexity index is 842. The van der Waals surface area contributed by atoms with Gasteiger partial charge in [0.15, 0.2) is 0 Å². The predicted octanol–water partition coefficient (Wildman–Crippen LogP) is 3.01. The summed E-state index contributed by atoms with van der Waals surface area (Å²) in [6, 6.07) is 9.34. The number of nitrogens with one attached hydrogen (secondary N) is 2. The number of rotatable bonds is 3. The maximum absolute atomic E-state index is 13.6. The van der Waals surface area contributed by atoms with Gasteiger partial charge in [-0.1, -0.05) is 18.2 Å². The number of nitrogens with zero attached hydrogens (tertiary/aromatic N) is 1. The van der Waals surface area contributed by atoms with Gasteiger partial charge in [-0.15, -0.1) is 0 Å². The number of halogens is 1. The summed E-state index contributed by atoms with van der Waals surface area (Å²) in [7, 11) is 0. The van der Waals surface area contributed by atoms with Gasteiger partial charge in [0.1, 0.15) is 11.3 Å². The molecule has 1 aromatic heterocycles. The normalized spacial score (nSPS) is 12.3. The van der Waals surface area contributed by atoms with Crippen molar-refractivity contribution in [1.29, 1.82) is 0 Å². The molecule has 1 heterocycles. The molecule has 0 radical (unpaired) electrons. The minimum absolute atomic E-state index is 0.136. The first-order chi connectivity index (χ1) is 10.6. The summed E-state index contributed by atoms with van der Waals surface area (Å²) < 4.78 is 13.6. The number of para-hydroxylation sites is 1. The van der Waals surface area contributed by atoms with Crippen LogP contribution in [0.1, 0.15) is 28.9 Å². The number of hydrogen-bond donors (Lipinski definition) is 3. The summed E-state index contributed by atoms with van der Waals surface area (Å²) in [5.41, 5.74) is 2.06. The van der Waals surface area contributed by atoms with Gasteiger partial charge < -0.3 is 15.4 Å². The molecule has 3 N–H and O–H groups in total. The van der Waals surface area contributed by atoms with Crippen LogP contribution in [0.4, 0.5) is 10.1 Å². The number of imidazole rings is 1. The van der Waals surface area contributed by atoms with E-state index in [1.807, 2.05) is 0 Å². The largest absolute Gasteiger partial charge is 0.389 e. The first-order valence-corrected chi connectivity index (χ1v) is 6.77. The molecule has 0 aliphatic rings. The number of aliphatic hydroxyl groups is 1. The second kappa shape index (κ2) is 5.57. The lowest BCUT2D eigenvalue weighted by Gasteiger charge is -2.13. The van der Waals surface area contributed by atoms with Crippen molar-refractivity contribution in [1.82, 2.24) is 9.97 Å². The number of carbonyl (C=O) groups excluding carboxylic acids is 1. The van der Waals surface area contributed by atoms with E-state index < -0.39 is 17.8 Å².